The van der Waals surface area contributed by atoms with Gasteiger partial charge in [0.25, 0.3) is 5.91 Å². The summed E-state index contributed by atoms with van der Waals surface area (Å²) in [6.45, 7) is -0.339. The summed E-state index contributed by atoms with van der Waals surface area (Å²) in [4.78, 5) is 28.1. The van der Waals surface area contributed by atoms with Crippen LogP contribution in [-0.2, 0) is 20.7 Å². The first-order valence-corrected chi connectivity index (χ1v) is 9.57. The average molecular weight is 401 g/mol. The zero-order valence-corrected chi connectivity index (χ0v) is 15.9. The van der Waals surface area contributed by atoms with Crippen molar-refractivity contribution >= 4 is 39.9 Å². The van der Waals surface area contributed by atoms with Gasteiger partial charge in [-0.1, -0.05) is 60.1 Å². The lowest BCUT2D eigenvalue weighted by Gasteiger charge is -2.05. The van der Waals surface area contributed by atoms with E-state index in [2.05, 4.69) is 10.3 Å². The third-order valence-corrected chi connectivity index (χ3v) is 4.81. The van der Waals surface area contributed by atoms with Gasteiger partial charge in [-0.05, 0) is 18.1 Å². The second-order valence-electron chi connectivity index (χ2n) is 5.71. The van der Waals surface area contributed by atoms with E-state index < -0.39 is 11.9 Å². The van der Waals surface area contributed by atoms with Crippen LogP contribution in [0.1, 0.15) is 12.0 Å². The first-order valence-electron chi connectivity index (χ1n) is 8.31. The minimum Gasteiger partial charge on any atom is -0.456 e. The van der Waals surface area contributed by atoms with Crippen LogP contribution >= 0.6 is 22.9 Å². The molecule has 0 saturated heterocycles. The standard InChI is InChI=1S/C20H17ClN2O3S/c21-16-9-5-4-8-15(16)17-13-27-20(22-17)23-18(24)12-26-19(25)11-10-14-6-2-1-3-7-14/h1-9,13H,10-12H2,(H,22,23,24). The molecule has 0 saturated carbocycles. The molecule has 3 aromatic rings. The number of aromatic nitrogens is 1. The summed E-state index contributed by atoms with van der Waals surface area (Å²) in [5.74, 6) is -0.840. The molecule has 0 radical (unpaired) electrons. The molecule has 5 nitrogen and oxygen atoms in total. The van der Waals surface area contributed by atoms with Crippen LogP contribution in [0, 0.1) is 0 Å². The minimum absolute atomic E-state index is 0.227. The summed E-state index contributed by atoms with van der Waals surface area (Å²) >= 11 is 7.43. The third-order valence-electron chi connectivity index (χ3n) is 3.73. The van der Waals surface area contributed by atoms with Gasteiger partial charge < -0.3 is 4.74 Å². The Hall–Kier alpha value is -2.70. The van der Waals surface area contributed by atoms with Crippen LogP contribution in [0.3, 0.4) is 0 Å². The molecule has 138 valence electrons. The Morgan fingerprint density at radius 2 is 1.81 bits per heavy atom. The van der Waals surface area contributed by atoms with Crippen molar-refractivity contribution in [1.82, 2.24) is 4.98 Å². The molecule has 0 spiro atoms. The molecule has 0 aliphatic rings. The fraction of sp³-hybridized carbons (Fsp3) is 0.150. The SMILES string of the molecule is O=C(COC(=O)CCc1ccccc1)Nc1nc(-c2ccccc2Cl)cs1. The summed E-state index contributed by atoms with van der Waals surface area (Å²) in [5.41, 5.74) is 2.53. The molecule has 27 heavy (non-hydrogen) atoms. The number of ether oxygens (including phenoxy) is 1. The molecule has 0 bridgehead atoms. The number of carbonyl (C=O) groups excluding carboxylic acids is 2. The number of benzene rings is 2. The van der Waals surface area contributed by atoms with Crippen LogP contribution in [0.15, 0.2) is 60.0 Å². The number of halogens is 1. The van der Waals surface area contributed by atoms with Gasteiger partial charge in [0.1, 0.15) is 0 Å². The van der Waals surface area contributed by atoms with Gasteiger partial charge in [-0.2, -0.15) is 0 Å². The number of nitrogens with zero attached hydrogens (tertiary/aromatic N) is 1. The van der Waals surface area contributed by atoms with Crippen molar-refractivity contribution in [2.45, 2.75) is 12.8 Å². The highest BCUT2D eigenvalue weighted by molar-refractivity contribution is 7.14. The van der Waals surface area contributed by atoms with Crippen molar-refractivity contribution < 1.29 is 14.3 Å². The Morgan fingerprint density at radius 1 is 1.07 bits per heavy atom. The molecule has 0 aliphatic carbocycles. The number of hydrogen-bond acceptors (Lipinski definition) is 5. The van der Waals surface area contributed by atoms with Gasteiger partial charge in [0, 0.05) is 22.4 Å². The van der Waals surface area contributed by atoms with Crippen molar-refractivity contribution in [3.05, 3.63) is 70.6 Å². The summed E-state index contributed by atoms with van der Waals surface area (Å²) in [6, 6.07) is 17.0. The smallest absolute Gasteiger partial charge is 0.306 e. The van der Waals surface area contributed by atoms with E-state index in [9.17, 15) is 9.59 Å². The number of esters is 1. The van der Waals surface area contributed by atoms with Gasteiger partial charge in [-0.15, -0.1) is 11.3 Å². The van der Waals surface area contributed by atoms with Gasteiger partial charge in [0.2, 0.25) is 0 Å². The fourth-order valence-corrected chi connectivity index (χ4v) is 3.35. The quantitative estimate of drug-likeness (QED) is 0.589. The van der Waals surface area contributed by atoms with E-state index in [1.165, 1.54) is 11.3 Å². The van der Waals surface area contributed by atoms with Crippen molar-refractivity contribution in [3.63, 3.8) is 0 Å². The molecule has 7 heteroatoms. The molecule has 0 unspecified atom stereocenters. The van der Waals surface area contributed by atoms with Crippen molar-refractivity contribution in [2.75, 3.05) is 11.9 Å². The van der Waals surface area contributed by atoms with Crippen molar-refractivity contribution in [1.29, 1.82) is 0 Å². The molecule has 0 aliphatic heterocycles. The number of hydrogen-bond donors (Lipinski definition) is 1. The zero-order valence-electron chi connectivity index (χ0n) is 14.4. The van der Waals surface area contributed by atoms with Crippen molar-refractivity contribution in [2.24, 2.45) is 0 Å². The number of amides is 1. The van der Waals surface area contributed by atoms with E-state index >= 15 is 0 Å². The largest absolute Gasteiger partial charge is 0.456 e. The number of carbonyl (C=O) groups is 2. The van der Waals surface area contributed by atoms with Gasteiger partial charge in [0.05, 0.1) is 5.69 Å². The van der Waals surface area contributed by atoms with Gasteiger partial charge in [0.15, 0.2) is 11.7 Å². The van der Waals surface area contributed by atoms with E-state index in [-0.39, 0.29) is 13.0 Å². The summed E-state index contributed by atoms with van der Waals surface area (Å²) < 4.78 is 5.01. The molecular formula is C20H17ClN2O3S. The van der Waals surface area contributed by atoms with Gasteiger partial charge >= 0.3 is 5.97 Å². The Kier molecular flexibility index (Phi) is 6.57. The highest BCUT2D eigenvalue weighted by Gasteiger charge is 2.12. The maximum absolute atomic E-state index is 12.0. The molecule has 1 N–H and O–H groups in total. The molecule has 1 heterocycles. The van der Waals surface area contributed by atoms with Crippen LogP contribution in [0.5, 0.6) is 0 Å². The molecule has 1 amide bonds. The zero-order chi connectivity index (χ0) is 19.1. The fourth-order valence-electron chi connectivity index (χ4n) is 2.39. The van der Waals surface area contributed by atoms with Crippen LogP contribution in [0.4, 0.5) is 5.13 Å². The monoisotopic (exact) mass is 400 g/mol. The van der Waals surface area contributed by atoms with E-state index in [4.69, 9.17) is 16.3 Å². The highest BCUT2D eigenvalue weighted by atomic mass is 35.5. The Bertz CT molecular complexity index is 928. The maximum atomic E-state index is 12.0. The predicted molar refractivity (Wildman–Crippen MR) is 107 cm³/mol. The molecular weight excluding hydrogens is 384 g/mol. The molecule has 2 aromatic carbocycles. The Labute approximate surface area is 166 Å². The van der Waals surface area contributed by atoms with Crippen LogP contribution in [0.2, 0.25) is 5.02 Å². The lowest BCUT2D eigenvalue weighted by molar-refractivity contribution is -0.147. The molecule has 0 atom stereocenters. The van der Waals surface area contributed by atoms with E-state index in [0.717, 1.165) is 11.1 Å². The van der Waals surface area contributed by atoms with Crippen LogP contribution in [0.25, 0.3) is 11.3 Å². The van der Waals surface area contributed by atoms with Gasteiger partial charge in [-0.25, -0.2) is 4.98 Å². The Balaban J connectivity index is 1.46. The van der Waals surface area contributed by atoms with E-state index in [1.54, 1.807) is 6.07 Å². The number of aryl methyl sites for hydroxylation is 1. The first kappa shape index (κ1) is 19.1. The second-order valence-corrected chi connectivity index (χ2v) is 6.98. The molecule has 1 aromatic heterocycles. The second kappa shape index (κ2) is 9.30. The number of rotatable bonds is 7. The number of nitrogens with one attached hydrogen (secondary N) is 1. The molecule has 0 fully saturated rings. The average Bonchev–Trinajstić information content (AvgIpc) is 3.14. The summed E-state index contributed by atoms with van der Waals surface area (Å²) in [5, 5.41) is 5.45. The first-order chi connectivity index (χ1) is 13.1. The van der Waals surface area contributed by atoms with Crippen LogP contribution < -0.4 is 5.32 Å². The lowest BCUT2D eigenvalue weighted by Crippen LogP contribution is -2.21. The normalized spacial score (nSPS) is 10.4. The highest BCUT2D eigenvalue weighted by Crippen LogP contribution is 2.30. The summed E-state index contributed by atoms with van der Waals surface area (Å²) in [7, 11) is 0. The molecule has 3 rings (SSSR count). The summed E-state index contributed by atoms with van der Waals surface area (Å²) in [6.07, 6.45) is 0.806. The maximum Gasteiger partial charge on any atom is 0.306 e. The number of anilines is 1. The van der Waals surface area contributed by atoms with Gasteiger partial charge in [-0.3, -0.25) is 14.9 Å². The van der Waals surface area contributed by atoms with Crippen molar-refractivity contribution in [3.8, 4) is 11.3 Å². The lowest BCUT2D eigenvalue weighted by atomic mass is 10.1. The minimum atomic E-state index is -0.428. The topological polar surface area (TPSA) is 68.3 Å². The third kappa shape index (κ3) is 5.64. The predicted octanol–water partition coefficient (Wildman–Crippen LogP) is 4.58. The number of thiazole rings is 1. The van der Waals surface area contributed by atoms with Crippen LogP contribution in [-0.4, -0.2) is 23.5 Å². The van der Waals surface area contributed by atoms with E-state index in [0.29, 0.717) is 22.3 Å². The van der Waals surface area contributed by atoms with E-state index in [1.807, 2.05) is 53.9 Å². The Morgan fingerprint density at radius 3 is 2.59 bits per heavy atom.